The van der Waals surface area contributed by atoms with Gasteiger partial charge in [0.2, 0.25) is 0 Å². The van der Waals surface area contributed by atoms with Gasteiger partial charge in [-0.05, 0) is 39.5 Å². The van der Waals surface area contributed by atoms with Crippen LogP contribution in [0, 0.1) is 13.8 Å². The lowest BCUT2D eigenvalue weighted by molar-refractivity contribution is 0.0782. The van der Waals surface area contributed by atoms with E-state index >= 15 is 0 Å². The van der Waals surface area contributed by atoms with Crippen LogP contribution < -0.4 is 0 Å². The second-order valence-corrected chi connectivity index (χ2v) is 10.3. The van der Waals surface area contributed by atoms with Crippen LogP contribution in [-0.2, 0) is 13.3 Å². The van der Waals surface area contributed by atoms with Crippen LogP contribution in [0.2, 0.25) is 0 Å². The van der Waals surface area contributed by atoms with Gasteiger partial charge in [0.15, 0.2) is 0 Å². The maximum absolute atomic E-state index is 4.58. The molecule has 2 aromatic rings. The molecule has 5 rings (SSSR count). The molecule has 0 unspecified atom stereocenters. The van der Waals surface area contributed by atoms with Gasteiger partial charge in [-0.1, -0.05) is 49.0 Å². The predicted octanol–water partition coefficient (Wildman–Crippen LogP) is 3.81. The number of hydrogen-bond donors (Lipinski definition) is 0. The Morgan fingerprint density at radius 3 is 1.34 bits per heavy atom. The monoisotopic (exact) mass is 440 g/mol. The van der Waals surface area contributed by atoms with E-state index in [2.05, 4.69) is 53.6 Å². The fourth-order valence-electron chi connectivity index (χ4n) is 5.97. The summed E-state index contributed by atoms with van der Waals surface area (Å²) in [6.07, 6.45) is 13.2. The molecule has 0 radical (unpaired) electrons. The quantitative estimate of drug-likeness (QED) is 0.680. The summed E-state index contributed by atoms with van der Waals surface area (Å²) < 4.78 is 4.25. The van der Waals surface area contributed by atoms with Crippen molar-refractivity contribution in [3.05, 3.63) is 22.8 Å². The van der Waals surface area contributed by atoms with E-state index in [-0.39, 0.29) is 0 Å². The van der Waals surface area contributed by atoms with E-state index in [4.69, 9.17) is 0 Å². The van der Waals surface area contributed by atoms with E-state index in [0.29, 0.717) is 11.8 Å². The lowest BCUT2D eigenvalue weighted by Crippen LogP contribution is -2.47. The zero-order chi connectivity index (χ0) is 21.9. The summed E-state index contributed by atoms with van der Waals surface area (Å²) >= 11 is 0. The summed E-state index contributed by atoms with van der Waals surface area (Å²) in [5.74, 6) is 1.25. The molecule has 2 saturated carbocycles. The van der Waals surface area contributed by atoms with E-state index in [9.17, 15) is 0 Å². The number of hydrogen-bond acceptors (Lipinski definition) is 6. The van der Waals surface area contributed by atoms with Gasteiger partial charge >= 0.3 is 0 Å². The number of aromatic nitrogens is 6. The van der Waals surface area contributed by atoms with E-state index in [0.717, 1.165) is 39.5 Å². The molecule has 0 atom stereocenters. The van der Waals surface area contributed by atoms with Crippen molar-refractivity contribution in [3.8, 4) is 0 Å². The molecule has 0 aromatic carbocycles. The molecule has 2 aliphatic carbocycles. The summed E-state index contributed by atoms with van der Waals surface area (Å²) in [7, 11) is 0. The van der Waals surface area contributed by atoms with Gasteiger partial charge in [-0.3, -0.25) is 9.80 Å². The highest BCUT2D eigenvalue weighted by Crippen LogP contribution is 2.34. The molecule has 0 amide bonds. The topological polar surface area (TPSA) is 67.9 Å². The Labute approximate surface area is 192 Å². The first kappa shape index (κ1) is 22.0. The highest BCUT2D eigenvalue weighted by atomic mass is 15.5. The van der Waals surface area contributed by atoms with Crippen molar-refractivity contribution in [2.75, 3.05) is 26.2 Å². The zero-order valence-corrected chi connectivity index (χ0v) is 20.0. The molecule has 32 heavy (non-hydrogen) atoms. The SMILES string of the molecule is Cc1c(C2CCCCC2)nnn1CN1CCN(Cn2nnc(C3CCCCC3)c2C)CC1. The summed E-state index contributed by atoms with van der Waals surface area (Å²) in [6.45, 7) is 10.3. The highest BCUT2D eigenvalue weighted by Gasteiger charge is 2.25. The van der Waals surface area contributed by atoms with Gasteiger partial charge in [0, 0.05) is 38.0 Å². The summed E-state index contributed by atoms with van der Waals surface area (Å²) in [4.78, 5) is 5.01. The van der Waals surface area contributed by atoms with Crippen LogP contribution in [-0.4, -0.2) is 66.0 Å². The first-order valence-electron chi connectivity index (χ1n) is 12.9. The minimum atomic E-state index is 0.624. The van der Waals surface area contributed by atoms with Gasteiger partial charge < -0.3 is 0 Å². The molecule has 0 spiro atoms. The molecule has 0 bridgehead atoms. The molecular weight excluding hydrogens is 400 g/mol. The van der Waals surface area contributed by atoms with Crippen molar-refractivity contribution in [3.63, 3.8) is 0 Å². The summed E-state index contributed by atoms with van der Waals surface area (Å²) in [5, 5.41) is 18.2. The Hall–Kier alpha value is -1.80. The van der Waals surface area contributed by atoms with Crippen molar-refractivity contribution in [2.24, 2.45) is 0 Å². The fourth-order valence-corrected chi connectivity index (χ4v) is 5.97. The minimum absolute atomic E-state index is 0.624. The number of rotatable bonds is 6. The van der Waals surface area contributed by atoms with Gasteiger partial charge in [-0.2, -0.15) is 0 Å². The van der Waals surface area contributed by atoms with Gasteiger partial charge in [0.1, 0.15) is 0 Å². The van der Waals surface area contributed by atoms with Gasteiger partial charge in [0.05, 0.1) is 36.1 Å². The maximum Gasteiger partial charge on any atom is 0.0950 e. The Balaban J connectivity index is 1.13. The fraction of sp³-hybridized carbons (Fsp3) is 0.833. The van der Waals surface area contributed by atoms with Crippen LogP contribution in [0.4, 0.5) is 0 Å². The maximum atomic E-state index is 4.58. The van der Waals surface area contributed by atoms with Crippen molar-refractivity contribution in [1.82, 2.24) is 39.8 Å². The third-order valence-corrected chi connectivity index (χ3v) is 8.15. The zero-order valence-electron chi connectivity index (χ0n) is 20.0. The third-order valence-electron chi connectivity index (χ3n) is 8.15. The predicted molar refractivity (Wildman–Crippen MR) is 124 cm³/mol. The van der Waals surface area contributed by atoms with Gasteiger partial charge in [0.25, 0.3) is 0 Å². The molecule has 3 heterocycles. The summed E-state index contributed by atoms with van der Waals surface area (Å²) in [6, 6.07) is 0. The third kappa shape index (κ3) is 4.76. The summed E-state index contributed by atoms with van der Waals surface area (Å²) in [5.41, 5.74) is 5.04. The molecule has 176 valence electrons. The normalized spacial score (nSPS) is 22.6. The molecule has 2 aromatic heterocycles. The molecule has 3 aliphatic rings. The van der Waals surface area contributed by atoms with Crippen molar-refractivity contribution in [1.29, 1.82) is 0 Å². The van der Waals surface area contributed by atoms with Gasteiger partial charge in [-0.25, -0.2) is 9.36 Å². The average Bonchev–Trinajstić information content (AvgIpc) is 3.38. The smallest absolute Gasteiger partial charge is 0.0950 e. The minimum Gasteiger partial charge on any atom is -0.282 e. The van der Waals surface area contributed by atoms with Crippen LogP contribution in [0.15, 0.2) is 0 Å². The second-order valence-electron chi connectivity index (χ2n) is 10.3. The highest BCUT2D eigenvalue weighted by molar-refractivity contribution is 5.15. The van der Waals surface area contributed by atoms with Crippen LogP contribution >= 0.6 is 0 Å². The molecule has 0 N–H and O–H groups in total. The van der Waals surface area contributed by atoms with Crippen LogP contribution in [0.3, 0.4) is 0 Å². The lowest BCUT2D eigenvalue weighted by atomic mass is 9.86. The van der Waals surface area contributed by atoms with Crippen LogP contribution in [0.1, 0.15) is 98.8 Å². The van der Waals surface area contributed by atoms with E-state index < -0.39 is 0 Å². The lowest BCUT2D eigenvalue weighted by Gasteiger charge is -2.34. The van der Waals surface area contributed by atoms with E-state index in [1.165, 1.54) is 87.0 Å². The Morgan fingerprint density at radius 2 is 0.969 bits per heavy atom. The van der Waals surface area contributed by atoms with E-state index in [1.807, 2.05) is 0 Å². The first-order chi connectivity index (χ1) is 15.7. The van der Waals surface area contributed by atoms with Crippen molar-refractivity contribution >= 4 is 0 Å². The molecule has 1 saturated heterocycles. The van der Waals surface area contributed by atoms with Crippen molar-refractivity contribution in [2.45, 2.75) is 103 Å². The Morgan fingerprint density at radius 1 is 0.594 bits per heavy atom. The number of piperazine rings is 1. The van der Waals surface area contributed by atoms with Gasteiger partial charge in [-0.15, -0.1) is 10.2 Å². The Kier molecular flexibility index (Phi) is 6.88. The molecular formula is C24H40N8. The van der Waals surface area contributed by atoms with Crippen LogP contribution in [0.5, 0.6) is 0 Å². The standard InChI is InChI=1S/C24H40N8/c1-19-23(21-9-5-3-6-10-21)25-27-31(19)17-29-13-15-30(16-14-29)18-32-20(2)24(26-28-32)22-11-7-4-8-12-22/h21-22H,3-18H2,1-2H3. The van der Waals surface area contributed by atoms with Crippen LogP contribution in [0.25, 0.3) is 0 Å². The molecule has 3 fully saturated rings. The molecule has 1 aliphatic heterocycles. The first-order valence-corrected chi connectivity index (χ1v) is 12.9. The molecule has 8 heteroatoms. The second kappa shape index (κ2) is 10.00. The average molecular weight is 441 g/mol. The number of nitrogens with zero attached hydrogens (tertiary/aromatic N) is 8. The Bertz CT molecular complexity index is 794. The molecule has 8 nitrogen and oxygen atoms in total. The van der Waals surface area contributed by atoms with E-state index in [1.54, 1.807) is 0 Å². The largest absolute Gasteiger partial charge is 0.282 e. The van der Waals surface area contributed by atoms with Crippen molar-refractivity contribution < 1.29 is 0 Å².